The number of likely N-dealkylation sites (tertiary alicyclic amines) is 1. The third-order valence-corrected chi connectivity index (χ3v) is 7.24. The van der Waals surface area contributed by atoms with E-state index >= 15 is 0 Å². The quantitative estimate of drug-likeness (QED) is 0.607. The molecule has 2 aromatic rings. The summed E-state index contributed by atoms with van der Waals surface area (Å²) in [4.78, 5) is 28.0. The van der Waals surface area contributed by atoms with Gasteiger partial charge in [0.15, 0.2) is 5.78 Å². The number of aryl methyl sites for hydroxylation is 6. The van der Waals surface area contributed by atoms with Gasteiger partial charge in [-0.3, -0.25) is 14.3 Å². The Bertz CT molecular complexity index is 985. The highest BCUT2D eigenvalue weighted by Gasteiger charge is 2.43. The van der Waals surface area contributed by atoms with Gasteiger partial charge in [-0.1, -0.05) is 24.3 Å². The van der Waals surface area contributed by atoms with Crippen LogP contribution in [0.3, 0.4) is 0 Å². The zero-order chi connectivity index (χ0) is 24.3. The standard InChI is InChI=1S/C22H29NO2.C6H10N2/c1-5-23-8-6-17(7-9-23)12-18-13-19(24)21(22(18)25)20-15(3)10-14(2)11-16(20)4;1-5-4-6(2)8(3)7-5/h5,10-11,17-18,21H,1,6-9,12-13H2,2-4H3;4H,1-3H3. The molecule has 0 spiro atoms. The van der Waals surface area contributed by atoms with Gasteiger partial charge in [0.05, 0.1) is 5.69 Å². The van der Waals surface area contributed by atoms with Crippen LogP contribution in [0.15, 0.2) is 31.0 Å². The van der Waals surface area contributed by atoms with Crippen LogP contribution in [0.5, 0.6) is 0 Å². The molecule has 1 saturated heterocycles. The van der Waals surface area contributed by atoms with E-state index < -0.39 is 5.92 Å². The summed E-state index contributed by atoms with van der Waals surface area (Å²) in [7, 11) is 1.95. The molecule has 2 aliphatic rings. The van der Waals surface area contributed by atoms with Crippen molar-refractivity contribution >= 4 is 11.6 Å². The number of carbonyl (C=O) groups excluding carboxylic acids is 2. The smallest absolute Gasteiger partial charge is 0.151 e. The monoisotopic (exact) mass is 449 g/mol. The lowest BCUT2D eigenvalue weighted by molar-refractivity contribution is -0.125. The largest absolute Gasteiger partial charge is 0.378 e. The van der Waals surface area contributed by atoms with Crippen molar-refractivity contribution in [2.24, 2.45) is 18.9 Å². The van der Waals surface area contributed by atoms with Gasteiger partial charge in [0.1, 0.15) is 11.7 Å². The lowest BCUT2D eigenvalue weighted by Gasteiger charge is -2.31. The van der Waals surface area contributed by atoms with Crippen molar-refractivity contribution in [2.45, 2.75) is 66.2 Å². The molecule has 5 nitrogen and oxygen atoms in total. The normalized spacial score (nSPS) is 21.2. The van der Waals surface area contributed by atoms with Crippen molar-refractivity contribution < 1.29 is 9.59 Å². The second kappa shape index (κ2) is 10.5. The molecule has 2 unspecified atom stereocenters. The fourth-order valence-electron chi connectivity index (χ4n) is 5.52. The molecular weight excluding hydrogens is 410 g/mol. The van der Waals surface area contributed by atoms with E-state index in [2.05, 4.69) is 41.7 Å². The molecule has 1 aromatic heterocycles. The molecule has 1 aliphatic carbocycles. The van der Waals surface area contributed by atoms with E-state index in [9.17, 15) is 9.59 Å². The van der Waals surface area contributed by atoms with Gasteiger partial charge in [-0.15, -0.1) is 0 Å². The molecule has 1 aromatic carbocycles. The first kappa shape index (κ1) is 24.9. The summed E-state index contributed by atoms with van der Waals surface area (Å²) >= 11 is 0. The van der Waals surface area contributed by atoms with Crippen LogP contribution < -0.4 is 0 Å². The van der Waals surface area contributed by atoms with Crippen molar-refractivity contribution in [2.75, 3.05) is 13.1 Å². The van der Waals surface area contributed by atoms with E-state index in [-0.39, 0.29) is 17.5 Å². The maximum atomic E-state index is 13.1. The SMILES string of the molecule is C=CN1CCC(CC2CC(=O)C(c3c(C)cc(C)cc3C)C2=O)CC1.Cc1cc(C)n(C)n1. The predicted molar refractivity (Wildman–Crippen MR) is 133 cm³/mol. The van der Waals surface area contributed by atoms with Crippen LogP contribution in [0.4, 0.5) is 0 Å². The Labute approximate surface area is 198 Å². The molecule has 2 heterocycles. The second-order valence-electron chi connectivity index (χ2n) is 9.96. The fraction of sp³-hybridized carbons (Fsp3) is 0.536. The molecule has 178 valence electrons. The van der Waals surface area contributed by atoms with Gasteiger partial charge < -0.3 is 4.90 Å². The number of rotatable bonds is 4. The molecule has 0 radical (unpaired) electrons. The van der Waals surface area contributed by atoms with Crippen molar-refractivity contribution in [1.82, 2.24) is 14.7 Å². The molecule has 1 aliphatic heterocycles. The number of hydrogen-bond acceptors (Lipinski definition) is 4. The van der Waals surface area contributed by atoms with Gasteiger partial charge in [-0.05, 0) is 88.8 Å². The Morgan fingerprint density at radius 3 is 2.09 bits per heavy atom. The lowest BCUT2D eigenvalue weighted by Crippen LogP contribution is -2.30. The van der Waals surface area contributed by atoms with Crippen LogP contribution in [0.25, 0.3) is 0 Å². The van der Waals surface area contributed by atoms with Crippen molar-refractivity contribution in [3.05, 3.63) is 64.6 Å². The van der Waals surface area contributed by atoms with Gasteiger partial charge in [0.2, 0.25) is 0 Å². The molecule has 33 heavy (non-hydrogen) atoms. The van der Waals surface area contributed by atoms with Crippen LogP contribution in [0, 0.1) is 46.5 Å². The Morgan fingerprint density at radius 2 is 1.64 bits per heavy atom. The maximum absolute atomic E-state index is 13.1. The lowest BCUT2D eigenvalue weighted by atomic mass is 9.83. The van der Waals surface area contributed by atoms with Crippen molar-refractivity contribution in [3.8, 4) is 0 Å². The van der Waals surface area contributed by atoms with E-state index in [1.807, 2.05) is 45.6 Å². The third-order valence-electron chi connectivity index (χ3n) is 7.24. The third kappa shape index (κ3) is 5.82. The zero-order valence-corrected chi connectivity index (χ0v) is 21.1. The van der Waals surface area contributed by atoms with Crippen LogP contribution in [-0.2, 0) is 16.6 Å². The number of hydrogen-bond donors (Lipinski definition) is 0. The highest BCUT2D eigenvalue weighted by molar-refractivity contribution is 6.15. The van der Waals surface area contributed by atoms with Crippen molar-refractivity contribution in [3.63, 3.8) is 0 Å². The number of ketones is 2. The van der Waals surface area contributed by atoms with Gasteiger partial charge >= 0.3 is 0 Å². The highest BCUT2D eigenvalue weighted by Crippen LogP contribution is 2.39. The molecule has 0 bridgehead atoms. The van der Waals surface area contributed by atoms with Gasteiger partial charge in [0.25, 0.3) is 0 Å². The van der Waals surface area contributed by atoms with Crippen LogP contribution >= 0.6 is 0 Å². The molecule has 4 rings (SSSR count). The Morgan fingerprint density at radius 1 is 1.03 bits per heavy atom. The number of piperidine rings is 1. The minimum absolute atomic E-state index is 0.0853. The topological polar surface area (TPSA) is 55.2 Å². The van der Waals surface area contributed by atoms with E-state index in [4.69, 9.17) is 0 Å². The number of Topliss-reactive ketones (excluding diaryl/α,β-unsaturated/α-hetero) is 2. The summed E-state index contributed by atoms with van der Waals surface area (Å²) in [5, 5.41) is 4.13. The summed E-state index contributed by atoms with van der Waals surface area (Å²) < 4.78 is 1.87. The Hall–Kier alpha value is -2.69. The van der Waals surface area contributed by atoms with E-state index in [1.54, 1.807) is 0 Å². The Kier molecular flexibility index (Phi) is 7.93. The molecule has 5 heteroatoms. The number of carbonyl (C=O) groups is 2. The van der Waals surface area contributed by atoms with Crippen LogP contribution in [-0.4, -0.2) is 39.3 Å². The Balaban J connectivity index is 0.000000323. The van der Waals surface area contributed by atoms with E-state index in [0.29, 0.717) is 12.3 Å². The average Bonchev–Trinajstić information content (AvgIpc) is 3.19. The first-order valence-corrected chi connectivity index (χ1v) is 12.1. The summed E-state index contributed by atoms with van der Waals surface area (Å²) in [6, 6.07) is 6.22. The molecular formula is C28H39N3O2. The molecule has 2 atom stereocenters. The van der Waals surface area contributed by atoms with Crippen LogP contribution in [0.1, 0.15) is 65.2 Å². The molecule has 0 N–H and O–H groups in total. The number of aromatic nitrogens is 2. The van der Waals surface area contributed by atoms with Crippen LogP contribution in [0.2, 0.25) is 0 Å². The zero-order valence-electron chi connectivity index (χ0n) is 21.1. The second-order valence-corrected chi connectivity index (χ2v) is 9.96. The maximum Gasteiger partial charge on any atom is 0.151 e. The first-order chi connectivity index (χ1) is 15.6. The number of benzene rings is 1. The van der Waals surface area contributed by atoms with Gasteiger partial charge in [-0.2, -0.15) is 5.10 Å². The average molecular weight is 450 g/mol. The summed E-state index contributed by atoms with van der Waals surface area (Å²) in [6.45, 7) is 16.0. The fourth-order valence-corrected chi connectivity index (χ4v) is 5.52. The summed E-state index contributed by atoms with van der Waals surface area (Å²) in [5.74, 6) is 0.216. The van der Waals surface area contributed by atoms with Crippen molar-refractivity contribution in [1.29, 1.82) is 0 Å². The minimum Gasteiger partial charge on any atom is -0.378 e. The first-order valence-electron chi connectivity index (χ1n) is 12.1. The van der Waals surface area contributed by atoms with Gasteiger partial charge in [-0.25, -0.2) is 0 Å². The van der Waals surface area contributed by atoms with E-state index in [1.165, 1.54) is 11.3 Å². The van der Waals surface area contributed by atoms with Gasteiger partial charge in [0, 0.05) is 38.2 Å². The number of nitrogens with zero attached hydrogens (tertiary/aromatic N) is 3. The molecule has 0 amide bonds. The van der Waals surface area contributed by atoms with E-state index in [0.717, 1.165) is 54.7 Å². The molecule has 2 fully saturated rings. The predicted octanol–water partition coefficient (Wildman–Crippen LogP) is 5.14. The summed E-state index contributed by atoms with van der Waals surface area (Å²) in [5.41, 5.74) is 6.59. The summed E-state index contributed by atoms with van der Waals surface area (Å²) in [6.07, 6.45) is 5.39. The highest BCUT2D eigenvalue weighted by atomic mass is 16.2. The molecule has 1 saturated carbocycles. The minimum atomic E-state index is -0.529.